The third-order valence-corrected chi connectivity index (χ3v) is 3.50. The van der Waals surface area contributed by atoms with Gasteiger partial charge < -0.3 is 14.6 Å². The molecule has 4 heteroatoms. The lowest BCUT2D eigenvalue weighted by Crippen LogP contribution is -2.09. The van der Waals surface area contributed by atoms with Gasteiger partial charge in [0.25, 0.3) is 0 Å². The second kappa shape index (κ2) is 5.87. The molecule has 1 heterocycles. The molecule has 3 nitrogen and oxygen atoms in total. The van der Waals surface area contributed by atoms with Crippen LogP contribution in [0.15, 0.2) is 54.7 Å². The number of rotatable bonds is 5. The number of halogens is 1. The van der Waals surface area contributed by atoms with Crippen LogP contribution in [-0.4, -0.2) is 18.2 Å². The van der Waals surface area contributed by atoms with Crippen molar-refractivity contribution in [2.75, 3.05) is 19.0 Å². The van der Waals surface area contributed by atoms with E-state index < -0.39 is 0 Å². The molecule has 0 amide bonds. The highest BCUT2D eigenvalue weighted by atomic mass is 19.1. The van der Waals surface area contributed by atoms with Gasteiger partial charge in [-0.3, -0.25) is 0 Å². The van der Waals surface area contributed by atoms with Gasteiger partial charge in [0.15, 0.2) is 0 Å². The first-order valence-electron chi connectivity index (χ1n) is 6.88. The highest BCUT2D eigenvalue weighted by molar-refractivity contribution is 5.81. The fourth-order valence-electron chi connectivity index (χ4n) is 2.39. The van der Waals surface area contributed by atoms with E-state index in [1.165, 1.54) is 17.6 Å². The quantitative estimate of drug-likeness (QED) is 0.769. The molecular weight excluding hydrogens is 267 g/mol. The molecule has 0 saturated heterocycles. The van der Waals surface area contributed by atoms with Crippen molar-refractivity contribution in [2.45, 2.75) is 6.54 Å². The van der Waals surface area contributed by atoms with Crippen LogP contribution in [0.1, 0.15) is 0 Å². The molecule has 0 aliphatic carbocycles. The third-order valence-electron chi connectivity index (χ3n) is 3.50. The molecule has 21 heavy (non-hydrogen) atoms. The van der Waals surface area contributed by atoms with Crippen molar-refractivity contribution in [1.82, 2.24) is 4.57 Å². The van der Waals surface area contributed by atoms with Crippen molar-refractivity contribution >= 4 is 16.6 Å². The molecule has 1 aromatic heterocycles. The zero-order valence-corrected chi connectivity index (χ0v) is 11.8. The number of benzene rings is 2. The molecule has 3 aromatic rings. The predicted octanol–water partition coefficient (Wildman–Crippen LogP) is 3.90. The minimum Gasteiger partial charge on any atom is -0.497 e. The number of hydrogen-bond acceptors (Lipinski definition) is 2. The van der Waals surface area contributed by atoms with E-state index in [2.05, 4.69) is 28.2 Å². The summed E-state index contributed by atoms with van der Waals surface area (Å²) in [5.41, 5.74) is 2.10. The maximum absolute atomic E-state index is 12.8. The number of nitrogens with zero attached hydrogens (tertiary/aromatic N) is 1. The van der Waals surface area contributed by atoms with Crippen molar-refractivity contribution in [2.24, 2.45) is 0 Å². The molecule has 0 aliphatic rings. The summed E-state index contributed by atoms with van der Waals surface area (Å²) in [5, 5.41) is 4.45. The molecule has 0 radical (unpaired) electrons. The van der Waals surface area contributed by atoms with E-state index in [4.69, 9.17) is 4.74 Å². The minimum absolute atomic E-state index is 0.217. The van der Waals surface area contributed by atoms with Crippen LogP contribution in [0.4, 0.5) is 10.1 Å². The first-order valence-corrected chi connectivity index (χ1v) is 6.88. The Balaban J connectivity index is 1.66. The largest absolute Gasteiger partial charge is 0.497 e. The van der Waals surface area contributed by atoms with Gasteiger partial charge in [-0.2, -0.15) is 0 Å². The van der Waals surface area contributed by atoms with E-state index >= 15 is 0 Å². The van der Waals surface area contributed by atoms with E-state index in [1.807, 2.05) is 12.1 Å². The number of fused-ring (bicyclic) bond motifs is 1. The maximum Gasteiger partial charge on any atom is 0.123 e. The van der Waals surface area contributed by atoms with Gasteiger partial charge in [-0.15, -0.1) is 0 Å². The van der Waals surface area contributed by atoms with Crippen molar-refractivity contribution in [3.05, 3.63) is 60.5 Å². The highest BCUT2D eigenvalue weighted by Crippen LogP contribution is 2.21. The average Bonchev–Trinajstić information content (AvgIpc) is 2.91. The summed E-state index contributed by atoms with van der Waals surface area (Å²) in [6, 6.07) is 14.5. The molecule has 1 N–H and O–H groups in total. The smallest absolute Gasteiger partial charge is 0.123 e. The van der Waals surface area contributed by atoms with Crippen LogP contribution >= 0.6 is 0 Å². The zero-order valence-electron chi connectivity index (χ0n) is 11.8. The molecule has 2 aromatic carbocycles. The van der Waals surface area contributed by atoms with E-state index in [-0.39, 0.29) is 5.82 Å². The zero-order chi connectivity index (χ0) is 14.7. The number of anilines is 1. The normalized spacial score (nSPS) is 10.8. The Morgan fingerprint density at radius 2 is 1.90 bits per heavy atom. The molecule has 0 unspecified atom stereocenters. The molecular formula is C17H17FN2O. The van der Waals surface area contributed by atoms with Crippen LogP contribution in [0.3, 0.4) is 0 Å². The molecule has 108 valence electrons. The molecule has 0 fully saturated rings. The Hall–Kier alpha value is -2.49. The molecule has 0 spiro atoms. The van der Waals surface area contributed by atoms with Gasteiger partial charge in [-0.05, 0) is 48.5 Å². The summed E-state index contributed by atoms with van der Waals surface area (Å²) in [7, 11) is 1.67. The average molecular weight is 284 g/mol. The summed E-state index contributed by atoms with van der Waals surface area (Å²) >= 11 is 0. The van der Waals surface area contributed by atoms with Crippen LogP contribution in [-0.2, 0) is 6.54 Å². The van der Waals surface area contributed by atoms with Gasteiger partial charge in [-0.25, -0.2) is 4.39 Å². The fraction of sp³-hybridized carbons (Fsp3) is 0.176. The number of nitrogens with one attached hydrogen (secondary N) is 1. The van der Waals surface area contributed by atoms with Crippen LogP contribution in [0, 0.1) is 5.82 Å². The monoisotopic (exact) mass is 284 g/mol. The minimum atomic E-state index is -0.217. The summed E-state index contributed by atoms with van der Waals surface area (Å²) in [5.74, 6) is 0.649. The van der Waals surface area contributed by atoms with E-state index in [0.29, 0.717) is 0 Å². The standard InChI is InChI=1S/C17H17FN2O/c1-21-16-6-7-17-13(12-16)8-10-20(17)11-9-19-15-4-2-14(18)3-5-15/h2-8,10,12,19H,9,11H2,1H3. The number of ether oxygens (including phenoxy) is 1. The first-order chi connectivity index (χ1) is 10.3. The molecule has 0 saturated carbocycles. The predicted molar refractivity (Wildman–Crippen MR) is 83.4 cm³/mol. The summed E-state index contributed by atoms with van der Waals surface area (Å²) in [6.07, 6.45) is 2.07. The van der Waals surface area contributed by atoms with Crippen LogP contribution in [0.5, 0.6) is 5.75 Å². The van der Waals surface area contributed by atoms with Gasteiger partial charge in [0.05, 0.1) is 7.11 Å². The van der Waals surface area contributed by atoms with Gasteiger partial charge in [-0.1, -0.05) is 0 Å². The van der Waals surface area contributed by atoms with E-state index in [1.54, 1.807) is 19.2 Å². The lowest BCUT2D eigenvalue weighted by atomic mass is 10.2. The maximum atomic E-state index is 12.8. The first kappa shape index (κ1) is 13.5. The Labute approximate surface area is 123 Å². The van der Waals surface area contributed by atoms with Crippen molar-refractivity contribution in [3.63, 3.8) is 0 Å². The summed E-state index contributed by atoms with van der Waals surface area (Å²) in [4.78, 5) is 0. The van der Waals surface area contributed by atoms with E-state index in [9.17, 15) is 4.39 Å². The lowest BCUT2D eigenvalue weighted by Gasteiger charge is -2.09. The van der Waals surface area contributed by atoms with Crippen LogP contribution < -0.4 is 10.1 Å². The van der Waals surface area contributed by atoms with Crippen molar-refractivity contribution in [3.8, 4) is 5.75 Å². The second-order valence-electron chi connectivity index (χ2n) is 4.87. The number of methoxy groups -OCH3 is 1. The van der Waals surface area contributed by atoms with Crippen LogP contribution in [0.25, 0.3) is 10.9 Å². The number of aromatic nitrogens is 1. The Morgan fingerprint density at radius 3 is 2.67 bits per heavy atom. The van der Waals surface area contributed by atoms with Crippen LogP contribution in [0.2, 0.25) is 0 Å². The van der Waals surface area contributed by atoms with E-state index in [0.717, 1.165) is 29.9 Å². The Kier molecular flexibility index (Phi) is 3.77. The fourth-order valence-corrected chi connectivity index (χ4v) is 2.39. The number of hydrogen-bond donors (Lipinski definition) is 1. The van der Waals surface area contributed by atoms with Gasteiger partial charge in [0.2, 0.25) is 0 Å². The Morgan fingerprint density at radius 1 is 1.10 bits per heavy atom. The molecule has 3 rings (SSSR count). The second-order valence-corrected chi connectivity index (χ2v) is 4.87. The summed E-state index contributed by atoms with van der Waals surface area (Å²) in [6.45, 7) is 1.62. The SMILES string of the molecule is COc1ccc2c(ccn2CCNc2ccc(F)cc2)c1. The molecule has 0 bridgehead atoms. The third kappa shape index (κ3) is 2.99. The lowest BCUT2D eigenvalue weighted by molar-refractivity contribution is 0.415. The Bertz CT molecular complexity index is 734. The van der Waals surface area contributed by atoms with Crippen molar-refractivity contribution < 1.29 is 9.13 Å². The topological polar surface area (TPSA) is 26.2 Å². The van der Waals surface area contributed by atoms with Gasteiger partial charge >= 0.3 is 0 Å². The highest BCUT2D eigenvalue weighted by Gasteiger charge is 2.02. The van der Waals surface area contributed by atoms with Gasteiger partial charge in [0, 0.05) is 35.9 Å². The van der Waals surface area contributed by atoms with Gasteiger partial charge in [0.1, 0.15) is 11.6 Å². The molecule has 0 atom stereocenters. The van der Waals surface area contributed by atoms with Crippen molar-refractivity contribution in [1.29, 1.82) is 0 Å². The summed E-state index contributed by atoms with van der Waals surface area (Å²) < 4.78 is 20.2. The molecule has 0 aliphatic heterocycles.